The molecule has 1 fully saturated rings. The molecule has 0 saturated carbocycles. The number of aliphatic hydroxyl groups excluding tert-OH is 1. The molecule has 1 saturated heterocycles. The highest BCUT2D eigenvalue weighted by Gasteiger charge is 2.48. The molecule has 182 valence electrons. The van der Waals surface area contributed by atoms with E-state index in [0.29, 0.717) is 38.3 Å². The zero-order valence-corrected chi connectivity index (χ0v) is 21.2. The summed E-state index contributed by atoms with van der Waals surface area (Å²) in [5.41, 5.74) is 2.63. The predicted octanol–water partition coefficient (Wildman–Crippen LogP) is 5.90. The molecule has 1 atom stereocenters. The summed E-state index contributed by atoms with van der Waals surface area (Å²) < 4.78 is 11.7. The van der Waals surface area contributed by atoms with Gasteiger partial charge in [0.05, 0.1) is 36.1 Å². The maximum Gasteiger partial charge on any atom is 0.301 e. The number of methoxy groups -OCH3 is 2. The molecule has 0 spiro atoms. The smallest absolute Gasteiger partial charge is 0.301 e. The van der Waals surface area contributed by atoms with Crippen LogP contribution in [0.1, 0.15) is 22.7 Å². The van der Waals surface area contributed by atoms with Crippen LogP contribution in [0, 0.1) is 6.92 Å². The molecule has 1 N–H and O–H groups in total. The summed E-state index contributed by atoms with van der Waals surface area (Å²) in [7, 11) is 3.02. The second-order valence-electron chi connectivity index (χ2n) is 8.26. The monoisotopic (exact) mass is 520 g/mol. The quantitative estimate of drug-likeness (QED) is 0.200. The normalized spacial score (nSPS) is 17.1. The number of Topliss-reactive ketones (excluding diaryl/α,β-unsaturated/α-hetero) is 1. The number of benzene rings is 3. The summed E-state index contributed by atoms with van der Waals surface area (Å²) in [6.07, 6.45) is 0. The van der Waals surface area contributed by atoms with Crippen molar-refractivity contribution in [2.24, 2.45) is 0 Å². The lowest BCUT2D eigenvalue weighted by molar-refractivity contribution is -0.132. The van der Waals surface area contributed by atoms with E-state index in [1.54, 1.807) is 42.5 Å². The number of hydrogen-bond acceptors (Lipinski definition) is 7. The first-order valence-electron chi connectivity index (χ1n) is 11.0. The Bertz CT molecular complexity index is 1540. The minimum atomic E-state index is -0.942. The van der Waals surface area contributed by atoms with Crippen molar-refractivity contribution >= 4 is 55.7 Å². The fourth-order valence-corrected chi connectivity index (χ4v) is 5.47. The fraction of sp³-hybridized carbons (Fsp3) is 0.148. The summed E-state index contributed by atoms with van der Waals surface area (Å²) in [5, 5.41) is 12.1. The van der Waals surface area contributed by atoms with E-state index in [2.05, 4.69) is 4.98 Å². The van der Waals surface area contributed by atoms with E-state index in [0.717, 1.165) is 10.3 Å². The lowest BCUT2D eigenvalue weighted by Gasteiger charge is -2.23. The van der Waals surface area contributed by atoms with Gasteiger partial charge < -0.3 is 14.6 Å². The lowest BCUT2D eigenvalue weighted by atomic mass is 9.95. The average molecular weight is 521 g/mol. The maximum atomic E-state index is 13.4. The van der Waals surface area contributed by atoms with Crippen LogP contribution < -0.4 is 14.4 Å². The highest BCUT2D eigenvalue weighted by atomic mass is 35.5. The highest BCUT2D eigenvalue weighted by molar-refractivity contribution is 7.22. The Labute approximate surface area is 216 Å². The van der Waals surface area contributed by atoms with E-state index in [4.69, 9.17) is 21.1 Å². The molecule has 0 aliphatic carbocycles. The number of aliphatic hydroxyl groups is 1. The molecule has 3 aromatic carbocycles. The highest BCUT2D eigenvalue weighted by Crippen LogP contribution is 2.45. The molecule has 1 aromatic heterocycles. The summed E-state index contributed by atoms with van der Waals surface area (Å²) in [5.74, 6) is -0.971. The molecule has 1 unspecified atom stereocenters. The van der Waals surface area contributed by atoms with Crippen LogP contribution in [0.4, 0.5) is 5.13 Å². The number of aromatic nitrogens is 1. The van der Waals surface area contributed by atoms with E-state index < -0.39 is 17.7 Å². The van der Waals surface area contributed by atoms with Gasteiger partial charge in [-0.1, -0.05) is 35.1 Å². The van der Waals surface area contributed by atoms with Crippen LogP contribution in [0.5, 0.6) is 11.5 Å². The molecule has 7 nitrogen and oxygen atoms in total. The number of anilines is 1. The Kier molecular flexibility index (Phi) is 6.15. The first-order valence-corrected chi connectivity index (χ1v) is 12.2. The van der Waals surface area contributed by atoms with Crippen LogP contribution in [0.15, 0.2) is 66.2 Å². The second kappa shape index (κ2) is 9.29. The minimum absolute atomic E-state index is 0.0509. The molecule has 0 radical (unpaired) electrons. The van der Waals surface area contributed by atoms with Gasteiger partial charge in [0.15, 0.2) is 16.6 Å². The number of carbonyl (C=O) groups is 2. The van der Waals surface area contributed by atoms with Crippen LogP contribution in [-0.2, 0) is 9.59 Å². The molecular weight excluding hydrogens is 500 g/mol. The second-order valence-corrected chi connectivity index (χ2v) is 9.70. The third-order valence-electron chi connectivity index (χ3n) is 6.02. The maximum absolute atomic E-state index is 13.4. The summed E-state index contributed by atoms with van der Waals surface area (Å²) >= 11 is 7.31. The Morgan fingerprint density at radius 2 is 1.72 bits per heavy atom. The van der Waals surface area contributed by atoms with Crippen molar-refractivity contribution in [2.45, 2.75) is 13.0 Å². The van der Waals surface area contributed by atoms with Gasteiger partial charge in [-0.05, 0) is 66.6 Å². The number of nitrogens with zero attached hydrogens (tertiary/aromatic N) is 2. The molecule has 4 aromatic rings. The molecule has 1 amide bonds. The van der Waals surface area contributed by atoms with Gasteiger partial charge in [0.1, 0.15) is 5.76 Å². The number of fused-ring (bicyclic) bond motifs is 1. The molecule has 9 heteroatoms. The molecule has 1 aliphatic heterocycles. The van der Waals surface area contributed by atoms with Gasteiger partial charge in [-0.15, -0.1) is 0 Å². The van der Waals surface area contributed by atoms with Gasteiger partial charge in [-0.3, -0.25) is 14.5 Å². The zero-order chi connectivity index (χ0) is 25.6. The number of ether oxygens (including phenoxy) is 2. The summed E-state index contributed by atoms with van der Waals surface area (Å²) in [6.45, 7) is 1.97. The molecule has 1 aliphatic rings. The number of amides is 1. The van der Waals surface area contributed by atoms with Crippen molar-refractivity contribution in [1.29, 1.82) is 0 Å². The first kappa shape index (κ1) is 23.8. The average Bonchev–Trinajstić information content (AvgIpc) is 3.41. The third-order valence-corrected chi connectivity index (χ3v) is 7.29. The van der Waals surface area contributed by atoms with Gasteiger partial charge in [0, 0.05) is 10.6 Å². The van der Waals surface area contributed by atoms with E-state index >= 15 is 0 Å². The van der Waals surface area contributed by atoms with Gasteiger partial charge in [-0.25, -0.2) is 4.98 Å². The van der Waals surface area contributed by atoms with Crippen molar-refractivity contribution in [3.05, 3.63) is 87.9 Å². The largest absolute Gasteiger partial charge is 0.507 e. The van der Waals surface area contributed by atoms with Crippen molar-refractivity contribution in [3.63, 3.8) is 0 Å². The molecule has 5 rings (SSSR count). The van der Waals surface area contributed by atoms with Gasteiger partial charge in [0.25, 0.3) is 5.78 Å². The SMILES string of the molecule is COc1ccc(C2/C(=C(\O)c3ccc(Cl)cc3)C(=O)C(=O)N2c2nc3ccc(C)cc3s2)cc1OC. The number of rotatable bonds is 5. The molecule has 0 bridgehead atoms. The van der Waals surface area contributed by atoms with Crippen LogP contribution >= 0.6 is 22.9 Å². The fourth-order valence-electron chi connectivity index (χ4n) is 4.25. The Hall–Kier alpha value is -3.88. The van der Waals surface area contributed by atoms with Crippen LogP contribution in [0.2, 0.25) is 5.02 Å². The predicted molar refractivity (Wildman–Crippen MR) is 140 cm³/mol. The van der Waals surface area contributed by atoms with Gasteiger partial charge >= 0.3 is 5.91 Å². The van der Waals surface area contributed by atoms with Gasteiger partial charge in [0.2, 0.25) is 0 Å². The zero-order valence-electron chi connectivity index (χ0n) is 19.6. The van der Waals surface area contributed by atoms with Crippen molar-refractivity contribution in [2.75, 3.05) is 19.1 Å². The Morgan fingerprint density at radius 1 is 1.00 bits per heavy atom. The Morgan fingerprint density at radius 3 is 2.42 bits per heavy atom. The van der Waals surface area contributed by atoms with E-state index in [9.17, 15) is 14.7 Å². The first-order chi connectivity index (χ1) is 17.3. The Balaban J connectivity index is 1.75. The van der Waals surface area contributed by atoms with Crippen LogP contribution in [-0.4, -0.2) is 36.0 Å². The number of ketones is 1. The standard InChI is InChI=1S/C27H21ClN2O5S/c1-14-4-10-18-21(12-14)36-27(29-18)30-23(16-7-11-19(34-2)20(13-16)35-3)22(25(32)26(30)33)24(31)15-5-8-17(28)9-6-15/h4-13,23,31H,1-3H3/b24-22+. The van der Waals surface area contributed by atoms with Crippen LogP contribution in [0.25, 0.3) is 16.0 Å². The summed E-state index contributed by atoms with van der Waals surface area (Å²) in [6, 6.07) is 16.4. The third kappa shape index (κ3) is 3.98. The van der Waals surface area contributed by atoms with E-state index in [-0.39, 0.29) is 11.3 Å². The van der Waals surface area contributed by atoms with E-state index in [1.165, 1.54) is 30.5 Å². The van der Waals surface area contributed by atoms with Crippen molar-refractivity contribution in [1.82, 2.24) is 4.98 Å². The molecule has 2 heterocycles. The molecule has 36 heavy (non-hydrogen) atoms. The molecular formula is C27H21ClN2O5S. The van der Waals surface area contributed by atoms with E-state index in [1.807, 2.05) is 25.1 Å². The van der Waals surface area contributed by atoms with Gasteiger partial charge in [-0.2, -0.15) is 0 Å². The number of hydrogen-bond donors (Lipinski definition) is 1. The number of aryl methyl sites for hydroxylation is 1. The topological polar surface area (TPSA) is 89.0 Å². The van der Waals surface area contributed by atoms with Crippen molar-refractivity contribution < 1.29 is 24.2 Å². The lowest BCUT2D eigenvalue weighted by Crippen LogP contribution is -2.29. The summed E-state index contributed by atoms with van der Waals surface area (Å²) in [4.78, 5) is 32.8. The number of halogens is 1. The van der Waals surface area contributed by atoms with Crippen molar-refractivity contribution in [3.8, 4) is 11.5 Å². The number of carbonyl (C=O) groups excluding carboxylic acids is 2. The van der Waals surface area contributed by atoms with Crippen LogP contribution in [0.3, 0.4) is 0 Å². The minimum Gasteiger partial charge on any atom is -0.507 e. The number of thiazole rings is 1.